The van der Waals surface area contributed by atoms with Crippen molar-refractivity contribution in [2.24, 2.45) is 0 Å². The van der Waals surface area contributed by atoms with Crippen molar-refractivity contribution in [2.45, 2.75) is 44.4 Å². The van der Waals surface area contributed by atoms with Crippen molar-refractivity contribution < 1.29 is 4.74 Å². The Bertz CT molecular complexity index is 1660. The van der Waals surface area contributed by atoms with Gasteiger partial charge in [-0.1, -0.05) is 18.2 Å². The molecule has 3 aliphatic rings. The maximum atomic E-state index is 6.33. The van der Waals surface area contributed by atoms with Gasteiger partial charge in [0, 0.05) is 10.9 Å². The molecule has 8 rings (SSSR count). The van der Waals surface area contributed by atoms with Crippen LogP contribution >= 0.6 is 0 Å². The molecule has 5 aromatic rings. The van der Waals surface area contributed by atoms with E-state index in [1.165, 1.54) is 29.4 Å². The number of ether oxygens (including phenoxy) is 1. The third-order valence-corrected chi connectivity index (χ3v) is 8.50. The van der Waals surface area contributed by atoms with E-state index in [-0.39, 0.29) is 0 Å². The molecule has 3 N–H and O–H groups in total. The first-order chi connectivity index (χ1) is 18.2. The molecule has 0 aliphatic carbocycles. The molecule has 2 aromatic heterocycles. The molecule has 3 aromatic carbocycles. The maximum Gasteiger partial charge on any atom is 0.128 e. The van der Waals surface area contributed by atoms with Crippen LogP contribution in [-0.2, 0) is 6.61 Å². The summed E-state index contributed by atoms with van der Waals surface area (Å²) >= 11 is 0. The number of rotatable bonds is 3. The molecule has 7 nitrogen and oxygen atoms in total. The molecule has 2 saturated heterocycles. The van der Waals surface area contributed by atoms with Gasteiger partial charge in [0.15, 0.2) is 0 Å². The van der Waals surface area contributed by atoms with Crippen LogP contribution in [0.25, 0.3) is 44.2 Å². The second-order valence-corrected chi connectivity index (χ2v) is 10.8. The highest BCUT2D eigenvalue weighted by Crippen LogP contribution is 2.43. The van der Waals surface area contributed by atoms with E-state index in [1.54, 1.807) is 0 Å². The monoisotopic (exact) mass is 490 g/mol. The SMILES string of the molecule is CN1CCCC1c1nc2c(ccc3cc4c(cc32)OCc2cc(-c3cnc(C5CCCN5)[nH]3)ccc2-4)[nH]1. The van der Waals surface area contributed by atoms with Crippen molar-refractivity contribution in [1.29, 1.82) is 0 Å². The molecule has 0 bridgehead atoms. The summed E-state index contributed by atoms with van der Waals surface area (Å²) < 4.78 is 6.33. The van der Waals surface area contributed by atoms with Gasteiger partial charge in [-0.15, -0.1) is 0 Å². The van der Waals surface area contributed by atoms with Gasteiger partial charge in [-0.05, 0) is 92.2 Å². The highest BCUT2D eigenvalue weighted by atomic mass is 16.5. The van der Waals surface area contributed by atoms with Crippen molar-refractivity contribution in [1.82, 2.24) is 30.2 Å². The smallest absolute Gasteiger partial charge is 0.128 e. The Morgan fingerprint density at radius 1 is 0.973 bits per heavy atom. The second kappa shape index (κ2) is 8.16. The van der Waals surface area contributed by atoms with E-state index in [4.69, 9.17) is 9.72 Å². The summed E-state index contributed by atoms with van der Waals surface area (Å²) in [5.74, 6) is 3.04. The van der Waals surface area contributed by atoms with Crippen LogP contribution in [0, 0.1) is 0 Å². The van der Waals surface area contributed by atoms with Crippen LogP contribution in [-0.4, -0.2) is 45.0 Å². The Hall–Kier alpha value is -3.68. The van der Waals surface area contributed by atoms with E-state index in [0.717, 1.165) is 76.6 Å². The molecular weight excluding hydrogens is 460 g/mol. The molecule has 0 saturated carbocycles. The average molecular weight is 491 g/mol. The summed E-state index contributed by atoms with van der Waals surface area (Å²) in [6.07, 6.45) is 6.67. The highest BCUT2D eigenvalue weighted by Gasteiger charge is 2.26. The third-order valence-electron chi connectivity index (χ3n) is 8.50. The number of H-pyrrole nitrogens is 2. The van der Waals surface area contributed by atoms with Crippen molar-refractivity contribution in [3.8, 4) is 28.1 Å². The van der Waals surface area contributed by atoms with Gasteiger partial charge in [0.25, 0.3) is 0 Å². The fourth-order valence-electron chi connectivity index (χ4n) is 6.47. The van der Waals surface area contributed by atoms with Gasteiger partial charge in [0.2, 0.25) is 0 Å². The molecule has 2 fully saturated rings. The van der Waals surface area contributed by atoms with E-state index in [2.05, 4.69) is 74.7 Å². The molecule has 0 radical (unpaired) electrons. The number of hydrogen-bond donors (Lipinski definition) is 3. The molecule has 2 atom stereocenters. The van der Waals surface area contributed by atoms with Crippen LogP contribution in [0.1, 0.15) is 55.0 Å². The van der Waals surface area contributed by atoms with Crippen molar-refractivity contribution in [3.63, 3.8) is 0 Å². The molecule has 5 heterocycles. The van der Waals surface area contributed by atoms with Crippen LogP contribution in [0.15, 0.2) is 48.7 Å². The topological polar surface area (TPSA) is 81.9 Å². The Morgan fingerprint density at radius 2 is 1.95 bits per heavy atom. The number of aromatic amines is 2. The minimum atomic E-state index is 0.339. The summed E-state index contributed by atoms with van der Waals surface area (Å²) in [4.78, 5) is 19.2. The number of fused-ring (bicyclic) bond motifs is 6. The third kappa shape index (κ3) is 3.41. The lowest BCUT2D eigenvalue weighted by molar-refractivity contribution is 0.303. The predicted molar refractivity (Wildman–Crippen MR) is 146 cm³/mol. The van der Waals surface area contributed by atoms with E-state index < -0.39 is 0 Å². The van der Waals surface area contributed by atoms with Gasteiger partial charge in [-0.25, -0.2) is 9.97 Å². The Morgan fingerprint density at radius 3 is 2.81 bits per heavy atom. The highest BCUT2D eigenvalue weighted by molar-refractivity contribution is 6.07. The first-order valence-corrected chi connectivity index (χ1v) is 13.4. The lowest BCUT2D eigenvalue weighted by atomic mass is 9.92. The fraction of sp³-hybridized carbons (Fsp3) is 0.333. The Balaban J connectivity index is 1.17. The quantitative estimate of drug-likeness (QED) is 0.295. The molecule has 0 amide bonds. The van der Waals surface area contributed by atoms with Gasteiger partial charge >= 0.3 is 0 Å². The number of imidazole rings is 2. The van der Waals surface area contributed by atoms with Crippen LogP contribution in [0.2, 0.25) is 0 Å². The van der Waals surface area contributed by atoms with E-state index in [9.17, 15) is 0 Å². The summed E-state index contributed by atoms with van der Waals surface area (Å²) in [5, 5.41) is 5.85. The zero-order chi connectivity index (χ0) is 24.5. The van der Waals surface area contributed by atoms with Gasteiger partial charge in [-0.3, -0.25) is 4.90 Å². The van der Waals surface area contributed by atoms with Gasteiger partial charge in [-0.2, -0.15) is 0 Å². The maximum absolute atomic E-state index is 6.33. The van der Waals surface area contributed by atoms with E-state index in [1.807, 2.05) is 6.20 Å². The zero-order valence-corrected chi connectivity index (χ0v) is 21.0. The first kappa shape index (κ1) is 21.4. The zero-order valence-electron chi connectivity index (χ0n) is 21.0. The largest absolute Gasteiger partial charge is 0.488 e. The van der Waals surface area contributed by atoms with Crippen LogP contribution in [0.4, 0.5) is 0 Å². The van der Waals surface area contributed by atoms with E-state index >= 15 is 0 Å². The summed E-state index contributed by atoms with van der Waals surface area (Å²) in [6, 6.07) is 16.2. The minimum absolute atomic E-state index is 0.339. The molecule has 186 valence electrons. The molecule has 0 spiro atoms. The van der Waals surface area contributed by atoms with Crippen LogP contribution in [0.3, 0.4) is 0 Å². The van der Waals surface area contributed by atoms with Gasteiger partial charge < -0.3 is 20.0 Å². The van der Waals surface area contributed by atoms with Gasteiger partial charge in [0.1, 0.15) is 24.0 Å². The number of aromatic nitrogens is 4. The second-order valence-electron chi connectivity index (χ2n) is 10.8. The van der Waals surface area contributed by atoms with Crippen LogP contribution in [0.5, 0.6) is 5.75 Å². The number of nitrogens with one attached hydrogen (secondary N) is 3. The Labute approximate surface area is 215 Å². The van der Waals surface area contributed by atoms with Crippen LogP contribution < -0.4 is 10.1 Å². The first-order valence-electron chi connectivity index (χ1n) is 13.4. The molecule has 3 aliphatic heterocycles. The summed E-state index contributed by atoms with van der Waals surface area (Å²) in [5.41, 5.74) is 7.91. The Kier molecular flexibility index (Phi) is 4.72. The summed E-state index contributed by atoms with van der Waals surface area (Å²) in [7, 11) is 2.19. The fourth-order valence-corrected chi connectivity index (χ4v) is 6.47. The van der Waals surface area contributed by atoms with Crippen molar-refractivity contribution >= 4 is 21.8 Å². The number of benzene rings is 3. The molecule has 7 heteroatoms. The normalized spacial score (nSPS) is 21.4. The summed E-state index contributed by atoms with van der Waals surface area (Å²) in [6.45, 7) is 2.75. The minimum Gasteiger partial charge on any atom is -0.488 e. The molecule has 37 heavy (non-hydrogen) atoms. The van der Waals surface area contributed by atoms with Gasteiger partial charge in [0.05, 0.1) is 35.0 Å². The lowest BCUT2D eigenvalue weighted by Gasteiger charge is -2.22. The number of hydrogen-bond acceptors (Lipinski definition) is 5. The average Bonchev–Trinajstić information content (AvgIpc) is 3.73. The standard InChI is InChI=1S/C30H30N6O/c1-36-11-3-5-26(36)30-33-23-9-7-17-13-22-20-8-6-18(25-15-32-29(34-25)24-4-2-10-31-24)12-19(20)16-37-27(22)14-21(17)28(23)35-30/h6-9,12-15,24,26,31H,2-5,10-11,16H2,1H3,(H,32,34)(H,33,35). The molecular formula is C30H30N6O. The molecule has 2 unspecified atom stereocenters. The van der Waals surface area contributed by atoms with Crippen molar-refractivity contribution in [2.75, 3.05) is 20.1 Å². The lowest BCUT2D eigenvalue weighted by Crippen LogP contribution is -2.18. The predicted octanol–water partition coefficient (Wildman–Crippen LogP) is 5.86. The number of nitrogens with zero attached hydrogens (tertiary/aromatic N) is 3. The van der Waals surface area contributed by atoms with E-state index in [0.29, 0.717) is 18.7 Å². The number of likely N-dealkylation sites (tertiary alicyclic amines) is 1. The van der Waals surface area contributed by atoms with Crippen molar-refractivity contribution in [3.05, 3.63) is 65.9 Å².